The van der Waals surface area contributed by atoms with Crippen LogP contribution in [0.5, 0.6) is 5.75 Å². The maximum Gasteiger partial charge on any atom is 0.277 e. The highest BCUT2D eigenvalue weighted by Gasteiger charge is 2.20. The molecule has 0 fully saturated rings. The second-order valence-electron chi connectivity index (χ2n) is 9.44. The van der Waals surface area contributed by atoms with Gasteiger partial charge in [0, 0.05) is 12.5 Å². The Balaban J connectivity index is 1.66. The van der Waals surface area contributed by atoms with Crippen molar-refractivity contribution in [3.8, 4) is 17.1 Å². The Bertz CT molecular complexity index is 1380. The Kier molecular flexibility index (Phi) is 8.74. The fraction of sp³-hybridized carbons (Fsp3) is 0.414. The van der Waals surface area contributed by atoms with E-state index in [1.54, 1.807) is 4.52 Å². The smallest absolute Gasteiger partial charge is 0.277 e. The highest BCUT2D eigenvalue weighted by molar-refractivity contribution is 5.66. The molecule has 0 aliphatic rings. The second kappa shape index (κ2) is 12.2. The van der Waals surface area contributed by atoms with Crippen molar-refractivity contribution in [2.24, 2.45) is 0 Å². The van der Waals surface area contributed by atoms with Crippen LogP contribution in [-0.2, 0) is 12.8 Å². The van der Waals surface area contributed by atoms with Gasteiger partial charge in [0.05, 0.1) is 30.5 Å². The van der Waals surface area contributed by atoms with Crippen molar-refractivity contribution in [1.29, 1.82) is 0 Å². The highest BCUT2D eigenvalue weighted by Crippen LogP contribution is 2.31. The summed E-state index contributed by atoms with van der Waals surface area (Å²) < 4.78 is 7.55. The molecule has 0 aliphatic heterocycles. The van der Waals surface area contributed by atoms with Crippen LogP contribution >= 0.6 is 0 Å². The van der Waals surface area contributed by atoms with Crippen molar-refractivity contribution in [2.45, 2.75) is 65.5 Å². The summed E-state index contributed by atoms with van der Waals surface area (Å²) in [6.07, 6.45) is 3.52. The van der Waals surface area contributed by atoms with E-state index < -0.39 is 0 Å². The van der Waals surface area contributed by atoms with E-state index in [0.29, 0.717) is 35.0 Å². The molecule has 2 aromatic carbocycles. The van der Waals surface area contributed by atoms with Gasteiger partial charge in [-0.3, -0.25) is 4.79 Å². The van der Waals surface area contributed by atoms with E-state index in [-0.39, 0.29) is 24.2 Å². The zero-order valence-corrected chi connectivity index (χ0v) is 22.1. The number of rotatable bonds is 12. The summed E-state index contributed by atoms with van der Waals surface area (Å²) in [6, 6.07) is 16.1. The first kappa shape index (κ1) is 26.6. The zero-order chi connectivity index (χ0) is 26.4. The summed E-state index contributed by atoms with van der Waals surface area (Å²) in [7, 11) is 0. The lowest BCUT2D eigenvalue weighted by Gasteiger charge is -2.23. The van der Waals surface area contributed by atoms with E-state index in [1.165, 1.54) is 5.56 Å². The Morgan fingerprint density at radius 1 is 1.14 bits per heavy atom. The van der Waals surface area contributed by atoms with Crippen LogP contribution in [0.25, 0.3) is 16.9 Å². The molecule has 0 bridgehead atoms. The first-order chi connectivity index (χ1) is 17.9. The minimum Gasteiger partial charge on any atom is -0.493 e. The molecule has 0 amide bonds. The van der Waals surface area contributed by atoms with Gasteiger partial charge in [0.25, 0.3) is 5.56 Å². The SMILES string of the molecule is CCCc1nc(C)c2c(=O)[nH]c(-c3cc(C(CO)NC(C)CCc4ccccc4)ccc3OCC)nn12. The molecule has 0 aliphatic carbocycles. The van der Waals surface area contributed by atoms with Crippen LogP contribution in [0.1, 0.15) is 62.3 Å². The number of benzene rings is 2. The molecule has 0 saturated carbocycles. The minimum absolute atomic E-state index is 0.0621. The van der Waals surface area contributed by atoms with Gasteiger partial charge in [-0.2, -0.15) is 0 Å². The monoisotopic (exact) mass is 503 g/mol. The lowest BCUT2D eigenvalue weighted by Crippen LogP contribution is -2.33. The third kappa shape index (κ3) is 6.09. The molecule has 0 spiro atoms. The highest BCUT2D eigenvalue weighted by atomic mass is 16.5. The normalized spacial score (nSPS) is 13.1. The third-order valence-corrected chi connectivity index (χ3v) is 6.55. The lowest BCUT2D eigenvalue weighted by atomic mass is 10.0. The van der Waals surface area contributed by atoms with Crippen LogP contribution in [0.15, 0.2) is 53.3 Å². The van der Waals surface area contributed by atoms with Gasteiger partial charge in [-0.25, -0.2) is 9.50 Å². The van der Waals surface area contributed by atoms with Crippen molar-refractivity contribution < 1.29 is 9.84 Å². The molecule has 8 nitrogen and oxygen atoms in total. The van der Waals surface area contributed by atoms with E-state index in [1.807, 2.05) is 38.1 Å². The molecule has 4 aromatic rings. The quantitative estimate of drug-likeness (QED) is 0.265. The molecule has 37 heavy (non-hydrogen) atoms. The van der Waals surface area contributed by atoms with Gasteiger partial charge in [0.2, 0.25) is 0 Å². The van der Waals surface area contributed by atoms with Crippen molar-refractivity contribution in [3.05, 3.63) is 81.5 Å². The molecule has 0 radical (unpaired) electrons. The Morgan fingerprint density at radius 3 is 2.62 bits per heavy atom. The summed E-state index contributed by atoms with van der Waals surface area (Å²) in [5.41, 5.74) is 3.74. The number of aliphatic hydroxyl groups excluding tert-OH is 1. The molecule has 8 heteroatoms. The van der Waals surface area contributed by atoms with Crippen molar-refractivity contribution in [3.63, 3.8) is 0 Å². The Hall–Kier alpha value is -3.49. The van der Waals surface area contributed by atoms with E-state index in [4.69, 9.17) is 9.84 Å². The van der Waals surface area contributed by atoms with Crippen LogP contribution in [0.4, 0.5) is 0 Å². The standard InChI is InChI=1S/C29H37N5O3/c1-5-10-26-31-20(4)27-29(36)32-28(33-34(26)27)23-17-22(15-16-25(23)37-6-2)24(18-35)30-19(3)13-14-21-11-8-7-9-12-21/h7-9,11-12,15-17,19,24,30,35H,5-6,10,13-14,18H2,1-4H3,(H,32,33,36). The molecular weight excluding hydrogens is 466 g/mol. The summed E-state index contributed by atoms with van der Waals surface area (Å²) in [5, 5.41) is 18.6. The van der Waals surface area contributed by atoms with Gasteiger partial charge in [-0.05, 0) is 63.3 Å². The van der Waals surface area contributed by atoms with E-state index in [2.05, 4.69) is 53.4 Å². The van der Waals surface area contributed by atoms with Crippen LogP contribution in [0, 0.1) is 6.92 Å². The molecule has 2 heterocycles. The molecule has 2 unspecified atom stereocenters. The van der Waals surface area contributed by atoms with E-state index >= 15 is 0 Å². The average molecular weight is 504 g/mol. The predicted molar refractivity (Wildman–Crippen MR) is 146 cm³/mol. The fourth-order valence-corrected chi connectivity index (χ4v) is 4.68. The number of hydrogen-bond donors (Lipinski definition) is 3. The van der Waals surface area contributed by atoms with Crippen molar-refractivity contribution >= 4 is 5.52 Å². The summed E-state index contributed by atoms with van der Waals surface area (Å²) >= 11 is 0. The number of imidazole rings is 1. The zero-order valence-electron chi connectivity index (χ0n) is 22.1. The van der Waals surface area contributed by atoms with Gasteiger partial charge < -0.3 is 20.1 Å². The number of aromatic amines is 1. The molecule has 2 aromatic heterocycles. The van der Waals surface area contributed by atoms with Crippen molar-refractivity contribution in [1.82, 2.24) is 24.9 Å². The first-order valence-electron chi connectivity index (χ1n) is 13.1. The summed E-state index contributed by atoms with van der Waals surface area (Å²) in [6.45, 7) is 8.36. The third-order valence-electron chi connectivity index (χ3n) is 6.55. The van der Waals surface area contributed by atoms with Crippen molar-refractivity contribution in [2.75, 3.05) is 13.2 Å². The number of hydrogen-bond acceptors (Lipinski definition) is 6. The first-order valence-corrected chi connectivity index (χ1v) is 13.1. The molecule has 2 atom stereocenters. The molecule has 0 saturated heterocycles. The number of nitrogens with one attached hydrogen (secondary N) is 2. The fourth-order valence-electron chi connectivity index (χ4n) is 4.68. The molecule has 3 N–H and O–H groups in total. The topological polar surface area (TPSA) is 105 Å². The predicted octanol–water partition coefficient (Wildman–Crippen LogP) is 4.39. The number of nitrogens with zero attached hydrogens (tertiary/aromatic N) is 3. The average Bonchev–Trinajstić information content (AvgIpc) is 3.22. The second-order valence-corrected chi connectivity index (χ2v) is 9.44. The molecular formula is C29H37N5O3. The Labute approximate surface area is 217 Å². The maximum absolute atomic E-state index is 13.0. The number of fused-ring (bicyclic) bond motifs is 1. The number of aromatic nitrogens is 4. The number of H-pyrrole nitrogens is 1. The van der Waals surface area contributed by atoms with Gasteiger partial charge in [0.15, 0.2) is 11.3 Å². The summed E-state index contributed by atoms with van der Waals surface area (Å²) in [4.78, 5) is 20.5. The number of aryl methyl sites for hydroxylation is 3. The van der Waals surface area contributed by atoms with Gasteiger partial charge in [0.1, 0.15) is 11.6 Å². The minimum atomic E-state index is -0.276. The molecule has 196 valence electrons. The van der Waals surface area contributed by atoms with E-state index in [9.17, 15) is 9.90 Å². The summed E-state index contributed by atoms with van der Waals surface area (Å²) in [5.74, 6) is 1.79. The van der Waals surface area contributed by atoms with Crippen LogP contribution in [0.2, 0.25) is 0 Å². The number of aliphatic hydroxyl groups is 1. The van der Waals surface area contributed by atoms with Gasteiger partial charge in [-0.15, -0.1) is 5.10 Å². The lowest BCUT2D eigenvalue weighted by molar-refractivity contribution is 0.233. The molecule has 4 rings (SSSR count). The van der Waals surface area contributed by atoms with E-state index in [0.717, 1.165) is 37.1 Å². The number of ether oxygens (including phenoxy) is 1. The largest absolute Gasteiger partial charge is 0.493 e. The Morgan fingerprint density at radius 2 is 1.92 bits per heavy atom. The van der Waals surface area contributed by atoms with Crippen LogP contribution < -0.4 is 15.6 Å². The van der Waals surface area contributed by atoms with Crippen LogP contribution in [0.3, 0.4) is 0 Å². The van der Waals surface area contributed by atoms with Gasteiger partial charge >= 0.3 is 0 Å². The van der Waals surface area contributed by atoms with Gasteiger partial charge in [-0.1, -0.05) is 43.3 Å². The van der Waals surface area contributed by atoms with Crippen LogP contribution in [-0.4, -0.2) is 43.9 Å². The maximum atomic E-state index is 13.0.